The summed E-state index contributed by atoms with van der Waals surface area (Å²) in [6.45, 7) is 8.24. The second-order valence-corrected chi connectivity index (χ2v) is 4.47. The van der Waals surface area contributed by atoms with Crippen LogP contribution < -0.4 is 5.73 Å². The highest BCUT2D eigenvalue weighted by atomic mass is 16.5. The number of hydrogen-bond donors (Lipinski definition) is 1. The molecule has 2 N–H and O–H groups in total. The van der Waals surface area contributed by atoms with Gasteiger partial charge in [0.2, 0.25) is 0 Å². The van der Waals surface area contributed by atoms with Gasteiger partial charge in [0.15, 0.2) is 0 Å². The number of aryl methyl sites for hydroxylation is 2. The number of nitrogens with zero attached hydrogens (tertiary/aromatic N) is 3. The lowest BCUT2D eigenvalue weighted by Crippen LogP contribution is -2.07. The predicted molar refractivity (Wildman–Crippen MR) is 68.1 cm³/mol. The van der Waals surface area contributed by atoms with E-state index in [-0.39, 0.29) is 0 Å². The molecule has 2 rings (SSSR count). The lowest BCUT2D eigenvalue weighted by Gasteiger charge is -2.08. The summed E-state index contributed by atoms with van der Waals surface area (Å²) in [7, 11) is 0. The van der Waals surface area contributed by atoms with Crippen LogP contribution in [0.3, 0.4) is 0 Å². The zero-order valence-electron chi connectivity index (χ0n) is 11.0. The summed E-state index contributed by atoms with van der Waals surface area (Å²) >= 11 is 0. The Kier molecular flexibility index (Phi) is 2.87. The van der Waals surface area contributed by atoms with E-state index < -0.39 is 0 Å². The standard InChI is InChI=1S/C13H16N4O/c1-7-9(3)17(13(15)11(7)5-14)6-12-8(2)16-18-10(12)4/h6,15H2,1-4H3. The Bertz CT molecular complexity index is 623. The normalized spacial score (nSPS) is 10.6. The van der Waals surface area contributed by atoms with Crippen LogP contribution in [0, 0.1) is 39.0 Å². The van der Waals surface area contributed by atoms with Crippen molar-refractivity contribution in [3.05, 3.63) is 33.8 Å². The first kappa shape index (κ1) is 12.2. The summed E-state index contributed by atoms with van der Waals surface area (Å²) < 4.78 is 7.07. The Labute approximate surface area is 106 Å². The van der Waals surface area contributed by atoms with Crippen LogP contribution in [0.2, 0.25) is 0 Å². The monoisotopic (exact) mass is 244 g/mol. The highest BCUT2D eigenvalue weighted by molar-refractivity contribution is 5.58. The molecule has 0 unspecified atom stereocenters. The fourth-order valence-corrected chi connectivity index (χ4v) is 2.12. The summed E-state index contributed by atoms with van der Waals surface area (Å²) in [6.07, 6.45) is 0. The Hall–Kier alpha value is -2.22. The van der Waals surface area contributed by atoms with Gasteiger partial charge in [-0.15, -0.1) is 0 Å². The van der Waals surface area contributed by atoms with Gasteiger partial charge in [0.05, 0.1) is 17.8 Å². The molecule has 2 aromatic heterocycles. The van der Waals surface area contributed by atoms with Gasteiger partial charge in [-0.25, -0.2) is 0 Å². The molecule has 0 radical (unpaired) electrons. The van der Waals surface area contributed by atoms with Gasteiger partial charge in [-0.1, -0.05) is 5.16 Å². The van der Waals surface area contributed by atoms with E-state index in [2.05, 4.69) is 11.2 Å². The summed E-state index contributed by atoms with van der Waals surface area (Å²) in [5, 5.41) is 13.0. The van der Waals surface area contributed by atoms with Crippen LogP contribution in [0.4, 0.5) is 5.82 Å². The molecular weight excluding hydrogens is 228 g/mol. The first-order chi connectivity index (χ1) is 8.47. The average Bonchev–Trinajstić information content (AvgIpc) is 2.75. The zero-order chi connectivity index (χ0) is 13.4. The maximum Gasteiger partial charge on any atom is 0.138 e. The molecule has 0 spiro atoms. The van der Waals surface area contributed by atoms with Crippen molar-refractivity contribution in [2.24, 2.45) is 0 Å². The lowest BCUT2D eigenvalue weighted by atomic mass is 10.2. The first-order valence-corrected chi connectivity index (χ1v) is 5.74. The summed E-state index contributed by atoms with van der Waals surface area (Å²) in [5.41, 5.74) is 10.4. The minimum absolute atomic E-state index is 0.507. The number of anilines is 1. The van der Waals surface area contributed by atoms with Crippen molar-refractivity contribution in [1.29, 1.82) is 5.26 Å². The molecule has 18 heavy (non-hydrogen) atoms. The topological polar surface area (TPSA) is 80.8 Å². The van der Waals surface area contributed by atoms with Crippen molar-refractivity contribution in [1.82, 2.24) is 9.72 Å². The number of hydrogen-bond acceptors (Lipinski definition) is 4. The fourth-order valence-electron chi connectivity index (χ4n) is 2.12. The van der Waals surface area contributed by atoms with E-state index in [1.165, 1.54) is 0 Å². The molecule has 2 heterocycles. The molecule has 0 aliphatic heterocycles. The van der Waals surface area contributed by atoms with Crippen LogP contribution in [0.25, 0.3) is 0 Å². The van der Waals surface area contributed by atoms with Gasteiger partial charge in [0.25, 0.3) is 0 Å². The van der Waals surface area contributed by atoms with Crippen LogP contribution in [-0.2, 0) is 6.54 Å². The first-order valence-electron chi connectivity index (χ1n) is 5.74. The molecule has 94 valence electrons. The summed E-state index contributed by atoms with van der Waals surface area (Å²) in [5.74, 6) is 1.30. The number of nitrogen functional groups attached to an aromatic ring is 1. The molecule has 0 aliphatic rings. The Balaban J connectivity index is 2.52. The molecule has 0 amide bonds. The summed E-state index contributed by atoms with van der Waals surface area (Å²) in [4.78, 5) is 0. The molecule has 0 bridgehead atoms. The van der Waals surface area contributed by atoms with Gasteiger partial charge in [0, 0.05) is 11.3 Å². The Morgan fingerprint density at radius 1 is 1.33 bits per heavy atom. The Morgan fingerprint density at radius 3 is 2.44 bits per heavy atom. The zero-order valence-corrected chi connectivity index (χ0v) is 11.0. The quantitative estimate of drug-likeness (QED) is 0.878. The van der Waals surface area contributed by atoms with Crippen molar-refractivity contribution >= 4 is 5.82 Å². The Morgan fingerprint density at radius 2 is 2.00 bits per heavy atom. The van der Waals surface area contributed by atoms with Gasteiger partial charge in [0.1, 0.15) is 17.6 Å². The molecule has 0 atom stereocenters. The fraction of sp³-hybridized carbons (Fsp3) is 0.385. The van der Waals surface area contributed by atoms with Crippen LogP contribution in [0.5, 0.6) is 0 Å². The van der Waals surface area contributed by atoms with Crippen LogP contribution in [0.15, 0.2) is 4.52 Å². The van der Waals surface area contributed by atoms with E-state index in [0.717, 1.165) is 28.3 Å². The van der Waals surface area contributed by atoms with E-state index in [0.29, 0.717) is 17.9 Å². The molecule has 5 nitrogen and oxygen atoms in total. The number of nitrogens with two attached hydrogens (primary N) is 1. The van der Waals surface area contributed by atoms with Crippen LogP contribution >= 0.6 is 0 Å². The predicted octanol–water partition coefficient (Wildman–Crippen LogP) is 2.21. The molecular formula is C13H16N4O. The van der Waals surface area contributed by atoms with E-state index in [9.17, 15) is 0 Å². The second-order valence-electron chi connectivity index (χ2n) is 4.47. The van der Waals surface area contributed by atoms with E-state index in [4.69, 9.17) is 15.5 Å². The molecule has 2 aromatic rings. The van der Waals surface area contributed by atoms with Gasteiger partial charge in [-0.3, -0.25) is 0 Å². The lowest BCUT2D eigenvalue weighted by molar-refractivity contribution is 0.392. The maximum absolute atomic E-state index is 9.10. The molecule has 0 saturated carbocycles. The average molecular weight is 244 g/mol. The molecule has 0 saturated heterocycles. The van der Waals surface area contributed by atoms with E-state index >= 15 is 0 Å². The molecule has 5 heteroatoms. The van der Waals surface area contributed by atoms with Gasteiger partial charge < -0.3 is 14.8 Å². The SMILES string of the molecule is Cc1noc(C)c1Cn1c(C)c(C)c(C#N)c1N. The van der Waals surface area contributed by atoms with Gasteiger partial charge in [-0.2, -0.15) is 5.26 Å². The van der Waals surface area contributed by atoms with Crippen LogP contribution in [-0.4, -0.2) is 9.72 Å². The molecule has 0 fully saturated rings. The third-order valence-electron chi connectivity index (χ3n) is 3.48. The van der Waals surface area contributed by atoms with Crippen molar-refractivity contribution in [2.45, 2.75) is 34.2 Å². The minimum atomic E-state index is 0.507. The van der Waals surface area contributed by atoms with E-state index in [1.807, 2.05) is 32.3 Å². The van der Waals surface area contributed by atoms with Gasteiger partial charge >= 0.3 is 0 Å². The third-order valence-corrected chi connectivity index (χ3v) is 3.48. The number of rotatable bonds is 2. The molecule has 0 aromatic carbocycles. The van der Waals surface area contributed by atoms with Crippen LogP contribution in [0.1, 0.15) is 33.8 Å². The smallest absolute Gasteiger partial charge is 0.138 e. The highest BCUT2D eigenvalue weighted by Gasteiger charge is 2.18. The largest absolute Gasteiger partial charge is 0.384 e. The minimum Gasteiger partial charge on any atom is -0.384 e. The summed E-state index contributed by atoms with van der Waals surface area (Å²) in [6, 6.07) is 2.15. The third kappa shape index (κ3) is 1.66. The second kappa shape index (κ2) is 4.22. The van der Waals surface area contributed by atoms with Gasteiger partial charge in [-0.05, 0) is 33.3 Å². The molecule has 0 aliphatic carbocycles. The maximum atomic E-state index is 9.10. The number of nitriles is 1. The van der Waals surface area contributed by atoms with Crippen molar-refractivity contribution in [3.63, 3.8) is 0 Å². The van der Waals surface area contributed by atoms with Crippen molar-refractivity contribution in [2.75, 3.05) is 5.73 Å². The van der Waals surface area contributed by atoms with Crippen molar-refractivity contribution < 1.29 is 4.52 Å². The number of aromatic nitrogens is 2. The van der Waals surface area contributed by atoms with Crippen molar-refractivity contribution in [3.8, 4) is 6.07 Å². The van der Waals surface area contributed by atoms with E-state index in [1.54, 1.807) is 0 Å². The highest BCUT2D eigenvalue weighted by Crippen LogP contribution is 2.25.